The number of methoxy groups -OCH3 is 1. The van der Waals surface area contributed by atoms with Crippen molar-refractivity contribution in [3.8, 4) is 0 Å². The molecule has 0 heterocycles. The molecule has 2 aromatic rings. The van der Waals surface area contributed by atoms with E-state index in [1.165, 1.54) is 19.2 Å². The Kier molecular flexibility index (Phi) is 4.58. The molecule has 0 aliphatic carbocycles. The van der Waals surface area contributed by atoms with Gasteiger partial charge in [-0.15, -0.1) is 0 Å². The van der Waals surface area contributed by atoms with Crippen molar-refractivity contribution in [2.45, 2.75) is 6.54 Å². The highest BCUT2D eigenvalue weighted by atomic mass is 35.5. The van der Waals surface area contributed by atoms with E-state index in [-0.39, 0.29) is 5.82 Å². The van der Waals surface area contributed by atoms with Crippen LogP contribution in [0.3, 0.4) is 0 Å². The van der Waals surface area contributed by atoms with Gasteiger partial charge in [-0.1, -0.05) is 17.7 Å². The van der Waals surface area contributed by atoms with Gasteiger partial charge in [0.2, 0.25) is 0 Å². The molecule has 0 unspecified atom stereocenters. The summed E-state index contributed by atoms with van der Waals surface area (Å²) >= 11 is 5.79. The van der Waals surface area contributed by atoms with Crippen molar-refractivity contribution in [3.63, 3.8) is 0 Å². The zero-order chi connectivity index (χ0) is 14.5. The zero-order valence-corrected chi connectivity index (χ0v) is 11.6. The minimum Gasteiger partial charge on any atom is -0.465 e. The smallest absolute Gasteiger partial charge is 0.337 e. The predicted octanol–water partition coefficient (Wildman–Crippen LogP) is 3.88. The summed E-state index contributed by atoms with van der Waals surface area (Å²) in [7, 11) is 1.33. The molecule has 2 aromatic carbocycles. The van der Waals surface area contributed by atoms with Crippen molar-refractivity contribution in [2.75, 3.05) is 12.4 Å². The van der Waals surface area contributed by atoms with E-state index >= 15 is 0 Å². The number of rotatable bonds is 4. The number of carbonyl (C=O) groups is 1. The second kappa shape index (κ2) is 6.39. The molecule has 0 saturated carbocycles. The van der Waals surface area contributed by atoms with Crippen LogP contribution in [0, 0.1) is 5.82 Å². The van der Waals surface area contributed by atoms with Gasteiger partial charge >= 0.3 is 5.97 Å². The van der Waals surface area contributed by atoms with Crippen molar-refractivity contribution < 1.29 is 13.9 Å². The highest BCUT2D eigenvalue weighted by Crippen LogP contribution is 2.17. The largest absolute Gasteiger partial charge is 0.465 e. The van der Waals surface area contributed by atoms with Crippen LogP contribution in [0.5, 0.6) is 0 Å². The van der Waals surface area contributed by atoms with Crippen molar-refractivity contribution in [1.29, 1.82) is 0 Å². The summed E-state index contributed by atoms with van der Waals surface area (Å²) in [6.07, 6.45) is 0. The van der Waals surface area contributed by atoms with E-state index in [0.29, 0.717) is 17.1 Å². The molecule has 0 fully saturated rings. The van der Waals surface area contributed by atoms with E-state index in [4.69, 9.17) is 11.6 Å². The molecule has 5 heteroatoms. The van der Waals surface area contributed by atoms with Crippen LogP contribution in [0.4, 0.5) is 10.1 Å². The summed E-state index contributed by atoms with van der Waals surface area (Å²) in [5, 5.41) is 3.45. The van der Waals surface area contributed by atoms with Gasteiger partial charge in [-0.2, -0.15) is 0 Å². The molecule has 0 bridgehead atoms. The molecule has 0 aromatic heterocycles. The van der Waals surface area contributed by atoms with Crippen molar-refractivity contribution in [1.82, 2.24) is 0 Å². The van der Waals surface area contributed by atoms with Gasteiger partial charge in [-0.3, -0.25) is 0 Å². The number of carbonyl (C=O) groups excluding carboxylic acids is 1. The third-order valence-corrected chi connectivity index (χ3v) is 2.92. The topological polar surface area (TPSA) is 38.3 Å². The van der Waals surface area contributed by atoms with Gasteiger partial charge in [0, 0.05) is 17.3 Å². The van der Waals surface area contributed by atoms with Gasteiger partial charge in [0.1, 0.15) is 5.82 Å². The fourth-order valence-electron chi connectivity index (χ4n) is 1.79. The molecular weight excluding hydrogens is 281 g/mol. The number of hydrogen-bond donors (Lipinski definition) is 1. The first-order chi connectivity index (χ1) is 9.58. The van der Waals surface area contributed by atoms with Crippen LogP contribution in [0.15, 0.2) is 42.5 Å². The third kappa shape index (κ3) is 3.71. The fraction of sp³-hybridized carbons (Fsp3) is 0.133. The monoisotopic (exact) mass is 293 g/mol. The summed E-state index contributed by atoms with van der Waals surface area (Å²) in [5.74, 6) is -0.778. The lowest BCUT2D eigenvalue weighted by atomic mass is 10.2. The molecular formula is C15H13ClFNO2. The Morgan fingerprint density at radius 3 is 2.80 bits per heavy atom. The van der Waals surface area contributed by atoms with E-state index in [2.05, 4.69) is 10.1 Å². The molecule has 3 nitrogen and oxygen atoms in total. The molecule has 0 spiro atoms. The average molecular weight is 294 g/mol. The van der Waals surface area contributed by atoms with E-state index in [1.54, 1.807) is 24.3 Å². The standard InChI is InChI=1S/C15H13ClFNO2/c1-20-15(19)11-3-2-4-14(7-11)18-9-10-5-12(16)8-13(17)6-10/h2-8,18H,9H2,1H3. The number of anilines is 1. The average Bonchev–Trinajstić information content (AvgIpc) is 2.43. The molecule has 0 aliphatic rings. The zero-order valence-electron chi connectivity index (χ0n) is 10.8. The van der Waals surface area contributed by atoms with Crippen molar-refractivity contribution >= 4 is 23.3 Å². The summed E-state index contributed by atoms with van der Waals surface area (Å²) < 4.78 is 17.8. The predicted molar refractivity (Wildman–Crippen MR) is 76.5 cm³/mol. The second-order valence-electron chi connectivity index (χ2n) is 4.20. The molecule has 0 amide bonds. The Balaban J connectivity index is 2.09. The minimum atomic E-state index is -0.401. The van der Waals surface area contributed by atoms with Crippen LogP contribution in [0.25, 0.3) is 0 Å². The quantitative estimate of drug-likeness (QED) is 0.870. The van der Waals surface area contributed by atoms with Gasteiger partial charge in [0.05, 0.1) is 12.7 Å². The van der Waals surface area contributed by atoms with Crippen LogP contribution in [-0.4, -0.2) is 13.1 Å². The molecule has 0 radical (unpaired) electrons. The number of esters is 1. The van der Waals surface area contributed by atoms with Crippen LogP contribution in [-0.2, 0) is 11.3 Å². The Hall–Kier alpha value is -2.07. The molecule has 104 valence electrons. The van der Waals surface area contributed by atoms with Crippen LogP contribution >= 0.6 is 11.6 Å². The maximum absolute atomic E-state index is 13.2. The highest BCUT2D eigenvalue weighted by molar-refractivity contribution is 6.30. The van der Waals surface area contributed by atoms with Gasteiger partial charge in [0.15, 0.2) is 0 Å². The number of nitrogens with one attached hydrogen (secondary N) is 1. The molecule has 1 N–H and O–H groups in total. The summed E-state index contributed by atoms with van der Waals surface area (Å²) in [6, 6.07) is 11.2. The molecule has 0 saturated heterocycles. The van der Waals surface area contributed by atoms with E-state index in [1.807, 2.05) is 6.07 Å². The van der Waals surface area contributed by atoms with Crippen molar-refractivity contribution in [2.24, 2.45) is 0 Å². The highest BCUT2D eigenvalue weighted by Gasteiger charge is 2.05. The van der Waals surface area contributed by atoms with Crippen LogP contribution in [0.1, 0.15) is 15.9 Å². The molecule has 20 heavy (non-hydrogen) atoms. The summed E-state index contributed by atoms with van der Waals surface area (Å²) in [5.41, 5.74) is 1.92. The lowest BCUT2D eigenvalue weighted by molar-refractivity contribution is 0.0601. The van der Waals surface area contributed by atoms with Gasteiger partial charge in [-0.05, 0) is 42.0 Å². The minimum absolute atomic E-state index is 0.352. The van der Waals surface area contributed by atoms with Crippen LogP contribution < -0.4 is 5.32 Å². The summed E-state index contributed by atoms with van der Waals surface area (Å²) in [4.78, 5) is 11.4. The Labute approximate surface area is 121 Å². The summed E-state index contributed by atoms with van der Waals surface area (Å²) in [6.45, 7) is 0.405. The van der Waals surface area contributed by atoms with E-state index in [9.17, 15) is 9.18 Å². The first-order valence-electron chi connectivity index (χ1n) is 5.95. The first-order valence-corrected chi connectivity index (χ1v) is 6.33. The van der Waals surface area contributed by atoms with E-state index < -0.39 is 5.97 Å². The Morgan fingerprint density at radius 2 is 2.10 bits per heavy atom. The Morgan fingerprint density at radius 1 is 1.30 bits per heavy atom. The van der Waals surface area contributed by atoms with Crippen molar-refractivity contribution in [3.05, 3.63) is 64.4 Å². The molecule has 0 aliphatic heterocycles. The fourth-order valence-corrected chi connectivity index (χ4v) is 2.04. The lowest BCUT2D eigenvalue weighted by Gasteiger charge is -2.08. The SMILES string of the molecule is COC(=O)c1cccc(NCc2cc(F)cc(Cl)c2)c1. The maximum Gasteiger partial charge on any atom is 0.337 e. The second-order valence-corrected chi connectivity index (χ2v) is 4.64. The normalized spacial score (nSPS) is 10.2. The van der Waals surface area contributed by atoms with Gasteiger partial charge < -0.3 is 10.1 Å². The molecule has 2 rings (SSSR count). The first kappa shape index (κ1) is 14.3. The van der Waals surface area contributed by atoms with Crippen LogP contribution in [0.2, 0.25) is 5.02 Å². The molecule has 0 atom stereocenters. The number of ether oxygens (including phenoxy) is 1. The number of halogens is 2. The lowest BCUT2D eigenvalue weighted by Crippen LogP contribution is -2.04. The number of benzene rings is 2. The van der Waals surface area contributed by atoms with Gasteiger partial charge in [-0.25, -0.2) is 9.18 Å². The van der Waals surface area contributed by atoms with Gasteiger partial charge in [0.25, 0.3) is 0 Å². The number of hydrogen-bond acceptors (Lipinski definition) is 3. The third-order valence-electron chi connectivity index (χ3n) is 2.70. The Bertz CT molecular complexity index is 611. The maximum atomic E-state index is 13.2. The van der Waals surface area contributed by atoms with E-state index in [0.717, 1.165) is 11.3 Å².